The van der Waals surface area contributed by atoms with Crippen molar-refractivity contribution in [2.45, 2.75) is 40.7 Å². The molecule has 1 atom stereocenters. The number of anilines is 1. The molecular weight excluding hydrogens is 466 g/mol. The molecule has 6 nitrogen and oxygen atoms in total. The van der Waals surface area contributed by atoms with Gasteiger partial charge in [0.2, 0.25) is 0 Å². The minimum atomic E-state index is -0.803. The minimum Gasteiger partial charge on any atom is -0.507 e. The quantitative estimate of drug-likeness (QED) is 0.235. The summed E-state index contributed by atoms with van der Waals surface area (Å²) < 4.78 is 11.2. The van der Waals surface area contributed by atoms with Gasteiger partial charge in [0.15, 0.2) is 0 Å². The van der Waals surface area contributed by atoms with Gasteiger partial charge in [-0.15, -0.1) is 0 Å². The number of aryl methyl sites for hydroxylation is 3. The fourth-order valence-corrected chi connectivity index (χ4v) is 4.61. The van der Waals surface area contributed by atoms with Crippen molar-refractivity contribution in [3.8, 4) is 11.5 Å². The van der Waals surface area contributed by atoms with Crippen LogP contribution in [0, 0.1) is 26.7 Å². The number of nitrogens with zero attached hydrogens (tertiary/aromatic N) is 1. The summed E-state index contributed by atoms with van der Waals surface area (Å²) in [6.45, 7) is 10.4. The topological polar surface area (TPSA) is 76.1 Å². The zero-order chi connectivity index (χ0) is 26.9. The van der Waals surface area contributed by atoms with E-state index in [9.17, 15) is 14.7 Å². The molecule has 1 fully saturated rings. The third kappa shape index (κ3) is 5.10. The number of benzene rings is 3. The van der Waals surface area contributed by atoms with Gasteiger partial charge in [-0.05, 0) is 85.3 Å². The first-order valence-corrected chi connectivity index (χ1v) is 12.4. The largest absolute Gasteiger partial charge is 0.507 e. The van der Waals surface area contributed by atoms with Crippen molar-refractivity contribution in [1.29, 1.82) is 0 Å². The summed E-state index contributed by atoms with van der Waals surface area (Å²) in [4.78, 5) is 28.4. The maximum atomic E-state index is 13.5. The van der Waals surface area contributed by atoms with Crippen LogP contribution in [0.4, 0.5) is 5.69 Å². The molecule has 37 heavy (non-hydrogen) atoms. The maximum absolute atomic E-state index is 13.5. The molecule has 0 aromatic heterocycles. The Labute approximate surface area is 218 Å². The predicted molar refractivity (Wildman–Crippen MR) is 145 cm³/mol. The Morgan fingerprint density at radius 3 is 2.30 bits per heavy atom. The molecule has 4 rings (SSSR count). The van der Waals surface area contributed by atoms with E-state index in [1.807, 2.05) is 69.3 Å². The van der Waals surface area contributed by atoms with Crippen molar-refractivity contribution < 1.29 is 24.2 Å². The number of carbonyl (C=O) groups is 2. The number of hydrogen-bond donors (Lipinski definition) is 1. The Morgan fingerprint density at radius 2 is 1.68 bits per heavy atom. The van der Waals surface area contributed by atoms with Crippen molar-refractivity contribution in [3.63, 3.8) is 0 Å². The summed E-state index contributed by atoms with van der Waals surface area (Å²) in [5.74, 6) is 0.151. The van der Waals surface area contributed by atoms with E-state index in [1.54, 1.807) is 19.2 Å². The lowest BCUT2D eigenvalue weighted by Crippen LogP contribution is -2.29. The smallest absolute Gasteiger partial charge is 0.300 e. The standard InChI is InChI=1S/C31H33NO5/c1-18(2)17-37-24-12-10-22(11-13-24)28-27(29(33)25-15-21(5)26(36-6)16-20(25)4)30(34)31(35)32(28)23-9-7-8-19(3)14-23/h7-16,18,28,33H,17H2,1-6H3/b29-27+. The van der Waals surface area contributed by atoms with E-state index < -0.39 is 17.7 Å². The van der Waals surface area contributed by atoms with Crippen LogP contribution in [-0.2, 0) is 9.59 Å². The monoisotopic (exact) mass is 499 g/mol. The van der Waals surface area contributed by atoms with E-state index in [4.69, 9.17) is 9.47 Å². The minimum absolute atomic E-state index is 0.0509. The SMILES string of the molecule is COc1cc(C)c(/C(O)=C2\C(=O)C(=O)N(c3cccc(C)c3)C2c2ccc(OCC(C)C)cc2)cc1C. The molecule has 3 aromatic carbocycles. The third-order valence-corrected chi connectivity index (χ3v) is 6.50. The van der Waals surface area contributed by atoms with Crippen LogP contribution in [0.15, 0.2) is 66.2 Å². The van der Waals surface area contributed by atoms with E-state index >= 15 is 0 Å². The van der Waals surface area contributed by atoms with Crippen molar-refractivity contribution in [2.75, 3.05) is 18.6 Å². The first-order valence-electron chi connectivity index (χ1n) is 12.4. The van der Waals surface area contributed by atoms with E-state index in [0.717, 1.165) is 16.7 Å². The normalized spacial score (nSPS) is 16.9. The van der Waals surface area contributed by atoms with Gasteiger partial charge in [0.1, 0.15) is 17.3 Å². The molecule has 6 heteroatoms. The molecule has 1 amide bonds. The molecule has 0 saturated carbocycles. The van der Waals surface area contributed by atoms with Gasteiger partial charge in [0, 0.05) is 11.3 Å². The second-order valence-corrected chi connectivity index (χ2v) is 9.92. The fraction of sp³-hybridized carbons (Fsp3) is 0.290. The predicted octanol–water partition coefficient (Wildman–Crippen LogP) is 6.28. The van der Waals surface area contributed by atoms with Crippen LogP contribution in [0.1, 0.15) is 47.7 Å². The first kappa shape index (κ1) is 26.0. The Balaban J connectivity index is 1.89. The Hall–Kier alpha value is -4.06. The van der Waals surface area contributed by atoms with Gasteiger partial charge >= 0.3 is 0 Å². The van der Waals surface area contributed by atoms with Crippen molar-refractivity contribution in [3.05, 3.63) is 94.1 Å². The maximum Gasteiger partial charge on any atom is 0.300 e. The van der Waals surface area contributed by atoms with Crippen LogP contribution in [0.3, 0.4) is 0 Å². The number of aliphatic hydroxyl groups is 1. The van der Waals surface area contributed by atoms with Gasteiger partial charge in [-0.2, -0.15) is 0 Å². The van der Waals surface area contributed by atoms with Gasteiger partial charge in [0.05, 0.1) is 25.3 Å². The number of hydrogen-bond acceptors (Lipinski definition) is 5. The highest BCUT2D eigenvalue weighted by molar-refractivity contribution is 6.51. The molecule has 192 valence electrons. The first-order chi connectivity index (χ1) is 17.6. The van der Waals surface area contributed by atoms with E-state index in [-0.39, 0.29) is 11.3 Å². The lowest BCUT2D eigenvalue weighted by atomic mass is 9.93. The lowest BCUT2D eigenvalue weighted by Gasteiger charge is -2.26. The second-order valence-electron chi connectivity index (χ2n) is 9.92. The van der Waals surface area contributed by atoms with Gasteiger partial charge < -0.3 is 14.6 Å². The molecule has 3 aromatic rings. The summed E-state index contributed by atoms with van der Waals surface area (Å²) in [7, 11) is 1.59. The summed E-state index contributed by atoms with van der Waals surface area (Å²) in [5.41, 5.74) is 4.33. The van der Waals surface area contributed by atoms with Crippen LogP contribution in [-0.4, -0.2) is 30.5 Å². The molecular formula is C31H33NO5. The Kier molecular flexibility index (Phi) is 7.39. The number of Topliss-reactive ketones (excluding diaryl/α,β-unsaturated/α-hetero) is 1. The van der Waals surface area contributed by atoms with E-state index in [0.29, 0.717) is 40.8 Å². The molecule has 0 spiro atoms. The summed E-state index contributed by atoms with van der Waals surface area (Å²) >= 11 is 0. The Morgan fingerprint density at radius 1 is 0.973 bits per heavy atom. The molecule has 0 aliphatic carbocycles. The van der Waals surface area contributed by atoms with Crippen molar-refractivity contribution in [2.24, 2.45) is 5.92 Å². The fourth-order valence-electron chi connectivity index (χ4n) is 4.61. The number of methoxy groups -OCH3 is 1. The van der Waals surface area contributed by atoms with Gasteiger partial charge in [-0.1, -0.05) is 38.1 Å². The summed E-state index contributed by atoms with van der Waals surface area (Å²) in [6, 6.07) is 17.6. The molecule has 1 saturated heterocycles. The van der Waals surface area contributed by atoms with Crippen LogP contribution in [0.25, 0.3) is 5.76 Å². The van der Waals surface area contributed by atoms with Crippen LogP contribution in [0.5, 0.6) is 11.5 Å². The van der Waals surface area contributed by atoms with Crippen LogP contribution in [0.2, 0.25) is 0 Å². The number of ether oxygens (including phenoxy) is 2. The zero-order valence-corrected chi connectivity index (χ0v) is 22.2. The third-order valence-electron chi connectivity index (χ3n) is 6.50. The second kappa shape index (κ2) is 10.5. The van der Waals surface area contributed by atoms with E-state index in [2.05, 4.69) is 13.8 Å². The number of ketones is 1. The number of rotatable bonds is 7. The van der Waals surface area contributed by atoms with Gasteiger partial charge in [-0.3, -0.25) is 14.5 Å². The van der Waals surface area contributed by atoms with Crippen LogP contribution < -0.4 is 14.4 Å². The highest BCUT2D eigenvalue weighted by Gasteiger charge is 2.47. The number of aliphatic hydroxyl groups excluding tert-OH is 1. The summed E-state index contributed by atoms with van der Waals surface area (Å²) in [6.07, 6.45) is 0. The van der Waals surface area contributed by atoms with Crippen LogP contribution >= 0.6 is 0 Å². The van der Waals surface area contributed by atoms with Gasteiger partial charge in [-0.25, -0.2) is 0 Å². The van der Waals surface area contributed by atoms with Crippen molar-refractivity contribution >= 4 is 23.1 Å². The Bertz CT molecular complexity index is 1370. The average molecular weight is 500 g/mol. The number of amides is 1. The van der Waals surface area contributed by atoms with Gasteiger partial charge in [0.25, 0.3) is 11.7 Å². The molecule has 1 heterocycles. The summed E-state index contributed by atoms with van der Waals surface area (Å²) in [5, 5.41) is 11.5. The number of carbonyl (C=O) groups excluding carboxylic acids is 2. The molecule has 1 aliphatic rings. The zero-order valence-electron chi connectivity index (χ0n) is 22.2. The average Bonchev–Trinajstić information content (AvgIpc) is 3.14. The highest BCUT2D eigenvalue weighted by Crippen LogP contribution is 2.43. The molecule has 0 bridgehead atoms. The molecule has 0 radical (unpaired) electrons. The molecule has 1 aliphatic heterocycles. The van der Waals surface area contributed by atoms with E-state index in [1.165, 1.54) is 4.90 Å². The van der Waals surface area contributed by atoms with Crippen molar-refractivity contribution in [1.82, 2.24) is 0 Å². The molecule has 1 N–H and O–H groups in total. The molecule has 1 unspecified atom stereocenters. The highest BCUT2D eigenvalue weighted by atomic mass is 16.5. The lowest BCUT2D eigenvalue weighted by molar-refractivity contribution is -0.132.